The van der Waals surface area contributed by atoms with E-state index in [0.29, 0.717) is 16.8 Å². The molecule has 132 valence electrons. The number of aromatic nitrogens is 2. The second-order valence-electron chi connectivity index (χ2n) is 5.78. The number of hydrogen-bond donors (Lipinski definition) is 2. The van der Waals surface area contributed by atoms with Gasteiger partial charge in [-0.15, -0.1) is 5.10 Å². The number of rotatable bonds is 8. The lowest BCUT2D eigenvalue weighted by molar-refractivity contribution is 0.563. The molecule has 3 aromatic rings. The van der Waals surface area contributed by atoms with Gasteiger partial charge in [-0.1, -0.05) is 24.8 Å². The summed E-state index contributed by atoms with van der Waals surface area (Å²) < 4.78 is 9.54. The average molecular weight is 358 g/mol. The van der Waals surface area contributed by atoms with Crippen molar-refractivity contribution in [1.82, 2.24) is 14.9 Å². The third-order valence-corrected chi connectivity index (χ3v) is 4.69. The van der Waals surface area contributed by atoms with E-state index in [-0.39, 0.29) is 5.63 Å². The van der Waals surface area contributed by atoms with Crippen LogP contribution in [0, 0.1) is 0 Å². The molecule has 3 rings (SSSR count). The number of nitrogens with one attached hydrogen (secondary N) is 2. The minimum absolute atomic E-state index is 0.373. The van der Waals surface area contributed by atoms with E-state index in [0.717, 1.165) is 48.4 Å². The highest BCUT2D eigenvalue weighted by Gasteiger charge is 2.15. The van der Waals surface area contributed by atoms with Crippen LogP contribution in [0.15, 0.2) is 33.5 Å². The normalized spacial score (nSPS) is 11.1. The fourth-order valence-electron chi connectivity index (χ4n) is 2.66. The molecule has 2 N–H and O–H groups in total. The monoisotopic (exact) mass is 358 g/mol. The lowest BCUT2D eigenvalue weighted by Gasteiger charge is -2.08. The fraction of sp³-hybridized carbons (Fsp3) is 0.389. The summed E-state index contributed by atoms with van der Waals surface area (Å²) in [5, 5.41) is 11.6. The summed E-state index contributed by atoms with van der Waals surface area (Å²) in [6, 6.07) is 7.65. The van der Waals surface area contributed by atoms with Gasteiger partial charge in [-0.2, -0.15) is 0 Å². The number of nitrogens with zero attached hydrogens (tertiary/aromatic N) is 2. The quantitative estimate of drug-likeness (QED) is 0.475. The molecule has 0 spiro atoms. The Morgan fingerprint density at radius 1 is 1.20 bits per heavy atom. The van der Waals surface area contributed by atoms with E-state index >= 15 is 0 Å². The molecule has 0 saturated carbocycles. The minimum atomic E-state index is -0.373. The first-order chi connectivity index (χ1) is 12.2. The van der Waals surface area contributed by atoms with E-state index in [4.69, 9.17) is 4.42 Å². The number of benzene rings is 1. The Morgan fingerprint density at radius 3 is 2.88 bits per heavy atom. The molecule has 0 amide bonds. The first-order valence-electron chi connectivity index (χ1n) is 8.57. The smallest absolute Gasteiger partial charge is 0.345 e. The predicted octanol–water partition coefficient (Wildman–Crippen LogP) is 3.29. The van der Waals surface area contributed by atoms with E-state index in [1.54, 1.807) is 0 Å². The Labute approximate surface area is 150 Å². The van der Waals surface area contributed by atoms with Gasteiger partial charge in [0.05, 0.1) is 10.4 Å². The first kappa shape index (κ1) is 17.6. The predicted molar refractivity (Wildman–Crippen MR) is 102 cm³/mol. The van der Waals surface area contributed by atoms with Crippen LogP contribution in [0.2, 0.25) is 0 Å². The molecular weight excluding hydrogens is 336 g/mol. The van der Waals surface area contributed by atoms with Crippen LogP contribution < -0.4 is 16.3 Å². The van der Waals surface area contributed by atoms with Crippen molar-refractivity contribution in [1.29, 1.82) is 0 Å². The number of likely N-dealkylation sites (N-methyl/N-ethyl adjacent to an activating group) is 1. The summed E-state index contributed by atoms with van der Waals surface area (Å²) in [7, 11) is 0. The summed E-state index contributed by atoms with van der Waals surface area (Å²) in [4.78, 5) is 13.5. The third kappa shape index (κ3) is 4.05. The molecule has 2 aromatic heterocycles. The van der Waals surface area contributed by atoms with Gasteiger partial charge in [-0.3, -0.25) is 0 Å². The average Bonchev–Trinajstić information content (AvgIpc) is 3.06. The maximum Gasteiger partial charge on any atom is 0.345 e. The SMILES string of the molecule is CCCc1snnc1-c1cc2ccc(NCCNCC)cc2oc1=O. The first-order valence-corrected chi connectivity index (χ1v) is 9.34. The van der Waals surface area contributed by atoms with E-state index in [9.17, 15) is 4.79 Å². The summed E-state index contributed by atoms with van der Waals surface area (Å²) in [6.45, 7) is 6.81. The van der Waals surface area contributed by atoms with Crippen LogP contribution in [0.25, 0.3) is 22.2 Å². The molecule has 0 aliphatic heterocycles. The minimum Gasteiger partial charge on any atom is -0.422 e. The molecule has 0 atom stereocenters. The lowest BCUT2D eigenvalue weighted by atomic mass is 10.1. The van der Waals surface area contributed by atoms with Crippen LogP contribution in [-0.4, -0.2) is 29.2 Å². The van der Waals surface area contributed by atoms with Crippen LogP contribution in [0.4, 0.5) is 5.69 Å². The van der Waals surface area contributed by atoms with Crippen molar-refractivity contribution in [3.8, 4) is 11.3 Å². The lowest BCUT2D eigenvalue weighted by Crippen LogP contribution is -2.21. The molecule has 1 aromatic carbocycles. The molecular formula is C18H22N4O2S. The third-order valence-electron chi connectivity index (χ3n) is 3.91. The molecule has 0 saturated heterocycles. The zero-order chi connectivity index (χ0) is 17.6. The van der Waals surface area contributed by atoms with Crippen molar-refractivity contribution in [3.05, 3.63) is 39.6 Å². The van der Waals surface area contributed by atoms with Crippen LogP contribution >= 0.6 is 11.5 Å². The van der Waals surface area contributed by atoms with Crippen molar-refractivity contribution >= 4 is 28.2 Å². The molecule has 0 radical (unpaired) electrons. The topological polar surface area (TPSA) is 80.1 Å². The summed E-state index contributed by atoms with van der Waals surface area (Å²) in [5.41, 5.74) is 2.26. The summed E-state index contributed by atoms with van der Waals surface area (Å²) in [6.07, 6.45) is 1.84. The highest BCUT2D eigenvalue weighted by atomic mass is 32.1. The number of aryl methyl sites for hydroxylation is 1. The van der Waals surface area contributed by atoms with Crippen LogP contribution in [0.3, 0.4) is 0 Å². The van der Waals surface area contributed by atoms with Gasteiger partial charge in [0.25, 0.3) is 0 Å². The van der Waals surface area contributed by atoms with E-state index < -0.39 is 0 Å². The van der Waals surface area contributed by atoms with E-state index in [2.05, 4.69) is 34.1 Å². The Hall–Kier alpha value is -2.25. The second-order valence-corrected chi connectivity index (χ2v) is 6.61. The van der Waals surface area contributed by atoms with Gasteiger partial charge in [0.1, 0.15) is 11.3 Å². The molecule has 0 unspecified atom stereocenters. The molecule has 7 heteroatoms. The van der Waals surface area contributed by atoms with Crippen molar-refractivity contribution in [3.63, 3.8) is 0 Å². The van der Waals surface area contributed by atoms with Gasteiger partial charge >= 0.3 is 5.63 Å². The van der Waals surface area contributed by atoms with E-state index in [1.807, 2.05) is 24.3 Å². The van der Waals surface area contributed by atoms with Gasteiger partial charge in [-0.25, -0.2) is 4.79 Å². The Morgan fingerprint density at radius 2 is 2.08 bits per heavy atom. The molecule has 0 bridgehead atoms. The zero-order valence-corrected chi connectivity index (χ0v) is 15.3. The van der Waals surface area contributed by atoms with Gasteiger partial charge in [0.15, 0.2) is 0 Å². The molecule has 25 heavy (non-hydrogen) atoms. The Balaban J connectivity index is 1.89. The molecule has 6 nitrogen and oxygen atoms in total. The largest absolute Gasteiger partial charge is 0.422 e. The molecule has 0 aliphatic rings. The standard InChI is InChI=1S/C18H22N4O2S/c1-3-5-16-17(21-22-25-16)14-10-12-6-7-13(20-9-8-19-4-2)11-15(12)24-18(14)23/h6-7,10-11,19-20H,3-5,8-9H2,1-2H3. The zero-order valence-electron chi connectivity index (χ0n) is 14.5. The maximum absolute atomic E-state index is 12.4. The van der Waals surface area contributed by atoms with Gasteiger partial charge in [0, 0.05) is 30.2 Å². The second kappa shape index (κ2) is 8.22. The van der Waals surface area contributed by atoms with Gasteiger partial charge < -0.3 is 15.1 Å². The maximum atomic E-state index is 12.4. The van der Waals surface area contributed by atoms with Crippen molar-refractivity contribution in [2.45, 2.75) is 26.7 Å². The van der Waals surface area contributed by atoms with Crippen LogP contribution in [0.1, 0.15) is 25.1 Å². The highest BCUT2D eigenvalue weighted by molar-refractivity contribution is 7.05. The summed E-state index contributed by atoms with van der Waals surface area (Å²) in [5.74, 6) is 0. The van der Waals surface area contributed by atoms with Crippen molar-refractivity contribution < 1.29 is 4.42 Å². The molecule has 2 heterocycles. The van der Waals surface area contributed by atoms with Crippen molar-refractivity contribution in [2.75, 3.05) is 25.0 Å². The Bertz CT molecular complexity index is 903. The van der Waals surface area contributed by atoms with Gasteiger partial charge in [-0.05, 0) is 42.7 Å². The number of hydrogen-bond acceptors (Lipinski definition) is 7. The van der Waals surface area contributed by atoms with Crippen molar-refractivity contribution in [2.24, 2.45) is 0 Å². The highest BCUT2D eigenvalue weighted by Crippen LogP contribution is 2.26. The number of fused-ring (bicyclic) bond motifs is 1. The number of anilines is 1. The van der Waals surface area contributed by atoms with E-state index in [1.165, 1.54) is 11.5 Å². The van der Waals surface area contributed by atoms with Crippen LogP contribution in [-0.2, 0) is 6.42 Å². The van der Waals surface area contributed by atoms with Crippen LogP contribution in [0.5, 0.6) is 0 Å². The van der Waals surface area contributed by atoms with Gasteiger partial charge in [0.2, 0.25) is 0 Å². The molecule has 0 fully saturated rings. The summed E-state index contributed by atoms with van der Waals surface area (Å²) >= 11 is 1.34. The fourth-order valence-corrected chi connectivity index (χ4v) is 3.42. The molecule has 0 aliphatic carbocycles. The Kier molecular flexibility index (Phi) is 5.78.